The van der Waals surface area contributed by atoms with Crippen molar-refractivity contribution >= 4 is 27.5 Å². The minimum Gasteiger partial charge on any atom is -0.486 e. The normalized spacial score (nSPS) is 14.9. The predicted molar refractivity (Wildman–Crippen MR) is 76.6 cm³/mol. The highest BCUT2D eigenvalue weighted by Gasteiger charge is 2.18. The van der Waals surface area contributed by atoms with Gasteiger partial charge >= 0.3 is 0 Å². The smallest absolute Gasteiger partial charge is 0.241 e. The van der Waals surface area contributed by atoms with Crippen LogP contribution in [-0.2, 0) is 4.79 Å². The molecule has 1 atom stereocenters. The number of amides is 1. The molecule has 0 fully saturated rings. The fraction of sp³-hybridized carbons (Fsp3) is 0.462. The maximum absolute atomic E-state index is 11.9. The van der Waals surface area contributed by atoms with Gasteiger partial charge in [0, 0.05) is 16.6 Å². The Bertz CT molecular complexity index is 479. The third-order valence-corrected chi connectivity index (χ3v) is 3.48. The number of nitrogens with one attached hydrogen (secondary N) is 1. The standard InChI is InChI=1S/C13H17BrN2O3/c1-2-3-9(15)13(17)16-10-7-12-11(6-8(10)14)18-4-5-19-12/h6-7,9H,2-5,15H2,1H3,(H,16,17). The minimum atomic E-state index is -0.495. The van der Waals surface area contributed by atoms with E-state index < -0.39 is 6.04 Å². The molecule has 3 N–H and O–H groups in total. The summed E-state index contributed by atoms with van der Waals surface area (Å²) in [6.45, 7) is 3.04. The lowest BCUT2D eigenvalue weighted by Crippen LogP contribution is -2.35. The number of carbonyl (C=O) groups excluding carboxylic acids is 1. The maximum atomic E-state index is 11.9. The first kappa shape index (κ1) is 14.1. The molecule has 0 radical (unpaired) electrons. The van der Waals surface area contributed by atoms with Crippen molar-refractivity contribution in [2.24, 2.45) is 5.73 Å². The molecule has 0 saturated carbocycles. The van der Waals surface area contributed by atoms with Crippen molar-refractivity contribution in [3.05, 3.63) is 16.6 Å². The van der Waals surface area contributed by atoms with Crippen LogP contribution in [0.15, 0.2) is 16.6 Å². The first-order valence-corrected chi connectivity index (χ1v) is 7.06. The van der Waals surface area contributed by atoms with Gasteiger partial charge in [-0.3, -0.25) is 4.79 Å². The summed E-state index contributed by atoms with van der Waals surface area (Å²) in [6, 6.07) is 3.04. The molecule has 6 heteroatoms. The van der Waals surface area contributed by atoms with Gasteiger partial charge in [0.2, 0.25) is 5.91 Å². The van der Waals surface area contributed by atoms with Gasteiger partial charge < -0.3 is 20.5 Å². The molecule has 1 heterocycles. The van der Waals surface area contributed by atoms with Crippen molar-refractivity contribution < 1.29 is 14.3 Å². The molecule has 0 aromatic heterocycles. The van der Waals surface area contributed by atoms with E-state index in [-0.39, 0.29) is 5.91 Å². The zero-order valence-electron chi connectivity index (χ0n) is 10.7. The first-order chi connectivity index (χ1) is 9.11. The van der Waals surface area contributed by atoms with Crippen molar-refractivity contribution in [3.8, 4) is 11.5 Å². The predicted octanol–water partition coefficient (Wildman–Crippen LogP) is 2.29. The number of hydrogen-bond acceptors (Lipinski definition) is 4. The summed E-state index contributed by atoms with van der Waals surface area (Å²) >= 11 is 3.40. The third kappa shape index (κ3) is 3.39. The minimum absolute atomic E-state index is 0.195. The Balaban J connectivity index is 2.14. The zero-order chi connectivity index (χ0) is 13.8. The van der Waals surface area contributed by atoms with E-state index in [0.717, 1.165) is 10.9 Å². The van der Waals surface area contributed by atoms with Crippen molar-refractivity contribution in [3.63, 3.8) is 0 Å². The molecule has 1 aliphatic heterocycles. The molecule has 104 valence electrons. The first-order valence-electron chi connectivity index (χ1n) is 6.27. The van der Waals surface area contributed by atoms with E-state index in [1.807, 2.05) is 6.92 Å². The quantitative estimate of drug-likeness (QED) is 0.889. The second-order valence-corrected chi connectivity index (χ2v) is 5.21. The molecule has 5 nitrogen and oxygen atoms in total. The van der Waals surface area contributed by atoms with Gasteiger partial charge in [-0.05, 0) is 22.4 Å². The Hall–Kier alpha value is -1.27. The molecule has 0 spiro atoms. The summed E-state index contributed by atoms with van der Waals surface area (Å²) in [4.78, 5) is 11.9. The van der Waals surface area contributed by atoms with Crippen LogP contribution in [0.25, 0.3) is 0 Å². The van der Waals surface area contributed by atoms with Crippen molar-refractivity contribution in [2.75, 3.05) is 18.5 Å². The van der Waals surface area contributed by atoms with Gasteiger partial charge in [-0.1, -0.05) is 13.3 Å². The van der Waals surface area contributed by atoms with Crippen LogP contribution in [0.4, 0.5) is 5.69 Å². The van der Waals surface area contributed by atoms with Crippen LogP contribution in [0.3, 0.4) is 0 Å². The third-order valence-electron chi connectivity index (χ3n) is 2.83. The molecule has 0 bridgehead atoms. The van der Waals surface area contributed by atoms with Crippen LogP contribution in [-0.4, -0.2) is 25.2 Å². The number of nitrogens with two attached hydrogens (primary N) is 1. The lowest BCUT2D eigenvalue weighted by molar-refractivity contribution is -0.117. The van der Waals surface area contributed by atoms with E-state index in [1.165, 1.54) is 0 Å². The summed E-state index contributed by atoms with van der Waals surface area (Å²) in [6.07, 6.45) is 1.53. The van der Waals surface area contributed by atoms with Crippen molar-refractivity contribution in [1.29, 1.82) is 0 Å². The van der Waals surface area contributed by atoms with Gasteiger partial charge in [0.15, 0.2) is 11.5 Å². The maximum Gasteiger partial charge on any atom is 0.241 e. The average molecular weight is 329 g/mol. The summed E-state index contributed by atoms with van der Waals surface area (Å²) < 4.78 is 11.7. The van der Waals surface area contributed by atoms with E-state index in [4.69, 9.17) is 15.2 Å². The molecule has 1 amide bonds. The van der Waals surface area contributed by atoms with E-state index in [1.54, 1.807) is 12.1 Å². The Morgan fingerprint density at radius 1 is 1.42 bits per heavy atom. The molecule has 1 aromatic carbocycles. The Morgan fingerprint density at radius 2 is 2.05 bits per heavy atom. The van der Waals surface area contributed by atoms with Gasteiger partial charge in [-0.2, -0.15) is 0 Å². The second-order valence-electron chi connectivity index (χ2n) is 4.36. The lowest BCUT2D eigenvalue weighted by atomic mass is 10.1. The Morgan fingerprint density at radius 3 is 2.68 bits per heavy atom. The number of benzene rings is 1. The van der Waals surface area contributed by atoms with E-state index >= 15 is 0 Å². The molecule has 2 rings (SSSR count). The number of fused-ring (bicyclic) bond motifs is 1. The van der Waals surface area contributed by atoms with E-state index in [2.05, 4.69) is 21.2 Å². The number of carbonyl (C=O) groups is 1. The van der Waals surface area contributed by atoms with Crippen LogP contribution in [0.1, 0.15) is 19.8 Å². The summed E-state index contributed by atoms with van der Waals surface area (Å²) in [5.41, 5.74) is 6.42. The molecule has 0 aliphatic carbocycles. The lowest BCUT2D eigenvalue weighted by Gasteiger charge is -2.20. The van der Waals surface area contributed by atoms with Gasteiger partial charge in [0.1, 0.15) is 13.2 Å². The van der Waals surface area contributed by atoms with E-state index in [9.17, 15) is 4.79 Å². The highest BCUT2D eigenvalue weighted by atomic mass is 79.9. The number of hydrogen-bond donors (Lipinski definition) is 2. The van der Waals surface area contributed by atoms with Crippen LogP contribution >= 0.6 is 15.9 Å². The number of rotatable bonds is 4. The molecule has 1 unspecified atom stereocenters. The molecular weight excluding hydrogens is 312 g/mol. The van der Waals surface area contributed by atoms with Crippen LogP contribution < -0.4 is 20.5 Å². The number of anilines is 1. The largest absolute Gasteiger partial charge is 0.486 e. The summed E-state index contributed by atoms with van der Waals surface area (Å²) in [7, 11) is 0. The summed E-state index contributed by atoms with van der Waals surface area (Å²) in [5.74, 6) is 1.11. The SMILES string of the molecule is CCCC(N)C(=O)Nc1cc2c(cc1Br)OCCO2. The number of ether oxygens (including phenoxy) is 2. The van der Waals surface area contributed by atoms with E-state index in [0.29, 0.717) is 36.8 Å². The Labute approximate surface area is 120 Å². The van der Waals surface area contributed by atoms with Crippen molar-refractivity contribution in [2.45, 2.75) is 25.8 Å². The van der Waals surface area contributed by atoms with Crippen LogP contribution in [0, 0.1) is 0 Å². The van der Waals surface area contributed by atoms with Gasteiger partial charge in [-0.25, -0.2) is 0 Å². The topological polar surface area (TPSA) is 73.6 Å². The fourth-order valence-electron chi connectivity index (χ4n) is 1.83. The molecule has 0 saturated heterocycles. The molecular formula is C13H17BrN2O3. The monoisotopic (exact) mass is 328 g/mol. The molecule has 1 aliphatic rings. The number of halogens is 1. The van der Waals surface area contributed by atoms with Gasteiger partial charge in [0.05, 0.1) is 11.7 Å². The Kier molecular flexibility index (Phi) is 4.66. The fourth-order valence-corrected chi connectivity index (χ4v) is 2.25. The second kappa shape index (κ2) is 6.25. The van der Waals surface area contributed by atoms with Crippen molar-refractivity contribution in [1.82, 2.24) is 0 Å². The summed E-state index contributed by atoms with van der Waals surface area (Å²) in [5, 5.41) is 2.80. The van der Waals surface area contributed by atoms with Gasteiger partial charge in [-0.15, -0.1) is 0 Å². The highest BCUT2D eigenvalue weighted by molar-refractivity contribution is 9.10. The molecule has 19 heavy (non-hydrogen) atoms. The van der Waals surface area contributed by atoms with Crippen LogP contribution in [0.2, 0.25) is 0 Å². The molecule has 1 aromatic rings. The average Bonchev–Trinajstić information content (AvgIpc) is 2.39. The zero-order valence-corrected chi connectivity index (χ0v) is 12.3. The highest BCUT2D eigenvalue weighted by Crippen LogP contribution is 2.38. The van der Waals surface area contributed by atoms with Gasteiger partial charge in [0.25, 0.3) is 0 Å². The van der Waals surface area contributed by atoms with Crippen LogP contribution in [0.5, 0.6) is 11.5 Å².